The number of carbonyl (C=O) groups excluding carboxylic acids is 2. The lowest BCUT2D eigenvalue weighted by Crippen LogP contribution is -2.43. The highest BCUT2D eigenvalue weighted by Gasteiger charge is 2.50. The second kappa shape index (κ2) is 2.79. The van der Waals surface area contributed by atoms with Gasteiger partial charge >= 0.3 is 0 Å². The molecule has 6 heteroatoms. The van der Waals surface area contributed by atoms with E-state index in [1.165, 1.54) is 13.8 Å². The Kier molecular flexibility index (Phi) is 2.07. The highest BCUT2D eigenvalue weighted by molar-refractivity contribution is 6.03. The molecule has 1 aliphatic heterocycles. The normalized spacial score (nSPS) is 23.1. The Bertz CT molecular complexity index is 284. The number of amides is 2. The van der Waals surface area contributed by atoms with Crippen molar-refractivity contribution in [3.05, 3.63) is 10.1 Å². The Morgan fingerprint density at radius 2 is 2.08 bits per heavy atom. The van der Waals surface area contributed by atoms with Crippen LogP contribution in [0.5, 0.6) is 0 Å². The molecule has 0 aliphatic carbocycles. The van der Waals surface area contributed by atoms with Gasteiger partial charge in [-0.3, -0.25) is 25.0 Å². The van der Waals surface area contributed by atoms with Crippen LogP contribution in [0, 0.1) is 16.0 Å². The van der Waals surface area contributed by atoms with E-state index in [9.17, 15) is 19.7 Å². The summed E-state index contributed by atoms with van der Waals surface area (Å²) in [5.41, 5.74) is -1.38. The van der Waals surface area contributed by atoms with Crippen molar-refractivity contribution in [1.29, 1.82) is 0 Å². The van der Waals surface area contributed by atoms with Gasteiger partial charge in [-0.05, 0) is 0 Å². The molecule has 0 spiro atoms. The summed E-state index contributed by atoms with van der Waals surface area (Å²) in [5.74, 6) is -1.84. The van der Waals surface area contributed by atoms with Crippen LogP contribution in [-0.4, -0.2) is 22.3 Å². The van der Waals surface area contributed by atoms with Gasteiger partial charge in [-0.25, -0.2) is 0 Å². The van der Waals surface area contributed by atoms with Crippen molar-refractivity contribution in [3.8, 4) is 0 Å². The van der Waals surface area contributed by atoms with Gasteiger partial charge in [0.25, 0.3) is 0 Å². The van der Waals surface area contributed by atoms with E-state index in [1.807, 2.05) is 5.32 Å². The van der Waals surface area contributed by atoms with E-state index in [-0.39, 0.29) is 6.42 Å². The van der Waals surface area contributed by atoms with Crippen LogP contribution in [-0.2, 0) is 9.59 Å². The summed E-state index contributed by atoms with van der Waals surface area (Å²) in [6.45, 7) is 2.69. The van der Waals surface area contributed by atoms with Crippen LogP contribution in [0.25, 0.3) is 0 Å². The average Bonchev–Trinajstić information content (AvgIpc) is 2.30. The number of imide groups is 1. The van der Waals surface area contributed by atoms with Crippen molar-refractivity contribution in [1.82, 2.24) is 5.32 Å². The summed E-state index contributed by atoms with van der Waals surface area (Å²) in [6, 6.07) is 0. The third-order valence-corrected chi connectivity index (χ3v) is 2.29. The van der Waals surface area contributed by atoms with Crippen molar-refractivity contribution in [2.75, 3.05) is 0 Å². The molecule has 0 aromatic heterocycles. The van der Waals surface area contributed by atoms with Gasteiger partial charge in [0, 0.05) is 25.2 Å². The first-order valence-corrected chi connectivity index (χ1v) is 3.84. The summed E-state index contributed by atoms with van der Waals surface area (Å²) in [6.07, 6.45) is -0.0905. The molecule has 13 heavy (non-hydrogen) atoms. The Morgan fingerprint density at radius 1 is 1.54 bits per heavy atom. The molecule has 0 aromatic carbocycles. The maximum Gasteiger partial charge on any atom is 0.237 e. The molecule has 0 saturated carbocycles. The van der Waals surface area contributed by atoms with E-state index in [0.29, 0.717) is 0 Å². The molecule has 1 saturated heterocycles. The summed E-state index contributed by atoms with van der Waals surface area (Å²) >= 11 is 0. The lowest BCUT2D eigenvalue weighted by atomic mass is 9.87. The van der Waals surface area contributed by atoms with Crippen molar-refractivity contribution < 1.29 is 14.5 Å². The Balaban J connectivity index is 2.89. The van der Waals surface area contributed by atoms with E-state index in [2.05, 4.69) is 0 Å². The third kappa shape index (κ3) is 1.51. The first kappa shape index (κ1) is 9.63. The fraction of sp³-hybridized carbons (Fsp3) is 0.714. The number of rotatable bonds is 2. The Hall–Kier alpha value is -1.46. The SMILES string of the molecule is CC(C)(C1CC(=O)NC1=O)[N+](=O)[O-]. The molecule has 6 nitrogen and oxygen atoms in total. The number of hydrogen-bond donors (Lipinski definition) is 1. The lowest BCUT2D eigenvalue weighted by molar-refractivity contribution is -0.567. The van der Waals surface area contributed by atoms with Gasteiger partial charge in [-0.1, -0.05) is 0 Å². The van der Waals surface area contributed by atoms with Crippen molar-refractivity contribution in [3.63, 3.8) is 0 Å². The van der Waals surface area contributed by atoms with Crippen LogP contribution in [0.4, 0.5) is 0 Å². The maximum atomic E-state index is 11.1. The maximum absolute atomic E-state index is 11.1. The van der Waals surface area contributed by atoms with Gasteiger partial charge < -0.3 is 0 Å². The van der Waals surface area contributed by atoms with Gasteiger partial charge in [0.05, 0.1) is 0 Å². The molecule has 1 N–H and O–H groups in total. The molecule has 0 radical (unpaired) electrons. The van der Waals surface area contributed by atoms with Crippen LogP contribution < -0.4 is 5.32 Å². The molecule has 0 aromatic rings. The predicted molar refractivity (Wildman–Crippen MR) is 42.3 cm³/mol. The molecular weight excluding hydrogens is 176 g/mol. The van der Waals surface area contributed by atoms with E-state index in [1.54, 1.807) is 0 Å². The zero-order chi connectivity index (χ0) is 10.2. The number of nitrogens with zero attached hydrogens (tertiary/aromatic N) is 1. The van der Waals surface area contributed by atoms with Crippen molar-refractivity contribution >= 4 is 11.8 Å². The van der Waals surface area contributed by atoms with Crippen LogP contribution in [0.2, 0.25) is 0 Å². The van der Waals surface area contributed by atoms with Gasteiger partial charge in [0.1, 0.15) is 5.92 Å². The zero-order valence-electron chi connectivity index (χ0n) is 7.36. The third-order valence-electron chi connectivity index (χ3n) is 2.29. The minimum Gasteiger partial charge on any atom is -0.296 e. The largest absolute Gasteiger partial charge is 0.296 e. The van der Waals surface area contributed by atoms with Gasteiger partial charge in [-0.2, -0.15) is 0 Å². The van der Waals surface area contributed by atoms with E-state index in [0.717, 1.165) is 0 Å². The van der Waals surface area contributed by atoms with Gasteiger partial charge in [-0.15, -0.1) is 0 Å². The fourth-order valence-electron chi connectivity index (χ4n) is 1.25. The molecule has 1 fully saturated rings. The zero-order valence-corrected chi connectivity index (χ0v) is 7.36. The van der Waals surface area contributed by atoms with Crippen LogP contribution in [0.15, 0.2) is 0 Å². The first-order valence-electron chi connectivity index (χ1n) is 3.84. The minimum atomic E-state index is -1.38. The molecule has 1 aliphatic rings. The number of nitrogens with one attached hydrogen (secondary N) is 1. The van der Waals surface area contributed by atoms with Gasteiger partial charge in [0.2, 0.25) is 17.4 Å². The summed E-state index contributed by atoms with van der Waals surface area (Å²) < 4.78 is 0. The molecule has 1 unspecified atom stereocenters. The van der Waals surface area contributed by atoms with E-state index >= 15 is 0 Å². The van der Waals surface area contributed by atoms with Crippen LogP contribution in [0.1, 0.15) is 20.3 Å². The Labute approximate surface area is 74.4 Å². The number of nitro groups is 1. The van der Waals surface area contributed by atoms with Crippen molar-refractivity contribution in [2.45, 2.75) is 25.8 Å². The number of hydrogen-bond acceptors (Lipinski definition) is 4. The second-order valence-corrected chi connectivity index (χ2v) is 3.58. The van der Waals surface area contributed by atoms with E-state index in [4.69, 9.17) is 0 Å². The summed E-state index contributed by atoms with van der Waals surface area (Å²) in [7, 11) is 0. The first-order chi connectivity index (χ1) is 5.85. The highest BCUT2D eigenvalue weighted by Crippen LogP contribution is 2.26. The topological polar surface area (TPSA) is 89.3 Å². The summed E-state index contributed by atoms with van der Waals surface area (Å²) in [5, 5.41) is 12.6. The average molecular weight is 186 g/mol. The highest BCUT2D eigenvalue weighted by atomic mass is 16.6. The van der Waals surface area contributed by atoms with Crippen LogP contribution in [0.3, 0.4) is 0 Å². The monoisotopic (exact) mass is 186 g/mol. The number of carbonyl (C=O) groups is 2. The molecule has 0 bridgehead atoms. The lowest BCUT2D eigenvalue weighted by Gasteiger charge is -2.19. The second-order valence-electron chi connectivity index (χ2n) is 3.58. The molecule has 1 rings (SSSR count). The molecule has 1 atom stereocenters. The molecule has 1 heterocycles. The molecule has 72 valence electrons. The molecule has 2 amide bonds. The fourth-order valence-corrected chi connectivity index (χ4v) is 1.25. The minimum absolute atomic E-state index is 0.0905. The Morgan fingerprint density at radius 3 is 2.38 bits per heavy atom. The molecular formula is C7H10N2O4. The van der Waals surface area contributed by atoms with Crippen molar-refractivity contribution in [2.24, 2.45) is 5.92 Å². The van der Waals surface area contributed by atoms with E-state index < -0.39 is 28.2 Å². The van der Waals surface area contributed by atoms with Crippen LogP contribution >= 0.6 is 0 Å². The summed E-state index contributed by atoms with van der Waals surface area (Å²) in [4.78, 5) is 31.9. The predicted octanol–water partition coefficient (Wildman–Crippen LogP) is -0.296. The standard InChI is InChI=1S/C7H10N2O4/c1-7(2,9(12)13)4-3-5(10)8-6(4)11/h4H,3H2,1-2H3,(H,8,10,11). The quantitative estimate of drug-likeness (QED) is 0.364. The smallest absolute Gasteiger partial charge is 0.237 e. The van der Waals surface area contributed by atoms with Gasteiger partial charge in [0.15, 0.2) is 0 Å².